The van der Waals surface area contributed by atoms with Gasteiger partial charge in [-0.05, 0) is 0 Å². The van der Waals surface area contributed by atoms with Crippen LogP contribution in [0.3, 0.4) is 0 Å². The van der Waals surface area contributed by atoms with E-state index in [4.69, 9.17) is 0 Å². The van der Waals surface area contributed by atoms with Gasteiger partial charge in [-0.25, -0.2) is 0 Å². The average Bonchev–Trinajstić information content (AvgIpc) is 0. The molecule has 0 aliphatic heterocycles. The first-order valence-corrected chi connectivity index (χ1v) is 0. The molecule has 0 spiro atoms. The second-order valence-electron chi connectivity index (χ2n) is 0. The molecule has 0 aromatic heterocycles. The third kappa shape index (κ3) is 81.9. The van der Waals surface area contributed by atoms with E-state index in [2.05, 4.69) is 0 Å². The topological polar surface area (TPSA) is 0 Å². The summed E-state index contributed by atoms with van der Waals surface area (Å²) in [4.78, 5) is 0. The summed E-state index contributed by atoms with van der Waals surface area (Å²) in [5.41, 5.74) is 0. The maximum absolute atomic E-state index is 0. The van der Waals surface area contributed by atoms with Crippen molar-refractivity contribution >= 4 is 67.1 Å². The summed E-state index contributed by atoms with van der Waals surface area (Å²) in [6, 6.07) is 0. The minimum absolute atomic E-state index is 0. The fourth-order valence-corrected chi connectivity index (χ4v) is 0. The molecule has 0 nitrogen and oxygen atoms in total. The van der Waals surface area contributed by atoms with E-state index in [0.29, 0.717) is 0 Å². The molecule has 0 fully saturated rings. The molecule has 95 valence electrons. The van der Waals surface area contributed by atoms with Crippen molar-refractivity contribution < 1.29 is 178 Å². The molecular weight excluding hydrogens is 1160 g/mol. The van der Waals surface area contributed by atoms with Crippen LogP contribution >= 0.6 is 0 Å². The first-order valence-electron chi connectivity index (χ1n) is 0. The van der Waals surface area contributed by atoms with E-state index in [1.165, 1.54) is 0 Å². The van der Waals surface area contributed by atoms with Crippen molar-refractivity contribution in [2.45, 2.75) is 0 Å². The Bertz CT molecular complexity index is 43.0. The quantitative estimate of drug-likeness (QED) is 0.224. The first-order chi connectivity index (χ1) is 0. The molecule has 0 bridgehead atoms. The fraction of sp³-hybridized carbons (Fsp3) is 0. The molecule has 0 rings (SSSR count). The largest absolute Gasteiger partial charge is 0 e. The van der Waals surface area contributed by atoms with Gasteiger partial charge in [-0.3, -0.25) is 0 Å². The molecular formula is H8AgAlAuCuFeInNiPdPtSnTiZn. The SMILES string of the molecule is [Ag].[AlH3].[Au].[Cu].[Fe].[InH3].[Ni].[Pd].[Pt].[SnH2].[Ti].[Zn]. The van der Waals surface area contributed by atoms with Crippen LogP contribution in [0, 0.1) is 0 Å². The normalized spacial score (nSPS) is 0. The van der Waals surface area contributed by atoms with Crippen molar-refractivity contribution in [2.24, 2.45) is 0 Å². The number of hydrogen-bond donors (Lipinski definition) is 0. The molecule has 0 unspecified atom stereocenters. The summed E-state index contributed by atoms with van der Waals surface area (Å²) in [5.74, 6) is 0. The Morgan fingerprint density at radius 1 is 1.00 bits per heavy atom. The van der Waals surface area contributed by atoms with Crippen LogP contribution in [0.25, 0.3) is 0 Å². The van der Waals surface area contributed by atoms with E-state index in [1.807, 2.05) is 0 Å². The van der Waals surface area contributed by atoms with Gasteiger partial charge in [0.15, 0.2) is 17.4 Å². The zero-order chi connectivity index (χ0) is 0. The summed E-state index contributed by atoms with van der Waals surface area (Å²) in [6.45, 7) is 0. The van der Waals surface area contributed by atoms with Gasteiger partial charge in [-0.2, -0.15) is 0 Å². The van der Waals surface area contributed by atoms with Gasteiger partial charge >= 0.3 is 49.8 Å². The van der Waals surface area contributed by atoms with Gasteiger partial charge in [0.25, 0.3) is 0 Å². The van der Waals surface area contributed by atoms with Crippen molar-refractivity contribution in [3.8, 4) is 0 Å². The average molecular weight is 1170 g/mol. The second-order valence-corrected chi connectivity index (χ2v) is 0. The minimum Gasteiger partial charge on any atom is 0 e. The summed E-state index contributed by atoms with van der Waals surface area (Å²) in [6.07, 6.45) is 0. The van der Waals surface area contributed by atoms with Gasteiger partial charge in [0, 0.05) is 178 Å². The van der Waals surface area contributed by atoms with Crippen LogP contribution in [0.4, 0.5) is 0 Å². The molecule has 0 heterocycles. The molecule has 0 N–H and O–H groups in total. The summed E-state index contributed by atoms with van der Waals surface area (Å²) >= 11 is 0. The molecule has 0 aromatic rings. The molecule has 12 heteroatoms. The fourth-order valence-electron chi connectivity index (χ4n) is 0. The van der Waals surface area contributed by atoms with E-state index in [0.717, 1.165) is 0 Å². The Morgan fingerprint density at radius 3 is 1.00 bits per heavy atom. The smallest absolute Gasteiger partial charge is 0 e. The molecule has 0 atom stereocenters. The molecule has 0 saturated heterocycles. The predicted molar refractivity (Wildman–Crippen MR) is 28.4 cm³/mol. The minimum atomic E-state index is 0. The summed E-state index contributed by atoms with van der Waals surface area (Å²) in [7, 11) is 0. The molecule has 0 aliphatic carbocycles. The monoisotopic (exact) mass is 1160 g/mol. The van der Waals surface area contributed by atoms with Crippen molar-refractivity contribution in [1.82, 2.24) is 0 Å². The Morgan fingerprint density at radius 2 is 1.00 bits per heavy atom. The zero-order valence-electron chi connectivity index (χ0n) is 4.12. The van der Waals surface area contributed by atoms with Gasteiger partial charge in [-0.1, -0.05) is 0 Å². The van der Waals surface area contributed by atoms with Crippen LogP contribution < -0.4 is 0 Å². The van der Waals surface area contributed by atoms with E-state index >= 15 is 0 Å². The van der Waals surface area contributed by atoms with Crippen LogP contribution in [0.1, 0.15) is 0 Å². The predicted octanol–water partition coefficient (Wildman–Crippen LogP) is -3.31. The van der Waals surface area contributed by atoms with Crippen molar-refractivity contribution in [2.75, 3.05) is 0 Å². The maximum atomic E-state index is 0. The summed E-state index contributed by atoms with van der Waals surface area (Å²) < 4.78 is 0. The Balaban J connectivity index is 0. The van der Waals surface area contributed by atoms with Crippen molar-refractivity contribution in [3.05, 3.63) is 0 Å². The molecule has 0 aliphatic rings. The first kappa shape index (κ1) is 114. The van der Waals surface area contributed by atoms with Crippen LogP contribution in [-0.4, -0.2) is 67.1 Å². The molecule has 0 saturated carbocycles. The van der Waals surface area contributed by atoms with Crippen molar-refractivity contribution in [1.29, 1.82) is 0 Å². The number of hydrogen-bond acceptors (Lipinski definition) is 0. The van der Waals surface area contributed by atoms with Gasteiger partial charge in [-0.15, -0.1) is 0 Å². The van der Waals surface area contributed by atoms with Crippen LogP contribution in [-0.2, 0) is 178 Å². The summed E-state index contributed by atoms with van der Waals surface area (Å²) in [5, 5.41) is 0. The Hall–Kier alpha value is 7.90. The van der Waals surface area contributed by atoms with Gasteiger partial charge in [0.05, 0.1) is 0 Å². The van der Waals surface area contributed by atoms with E-state index < -0.39 is 0 Å². The van der Waals surface area contributed by atoms with E-state index in [-0.39, 0.29) is 245 Å². The molecule has 5 radical (unpaired) electrons. The van der Waals surface area contributed by atoms with Crippen molar-refractivity contribution in [3.63, 3.8) is 0 Å². The standard InChI is InChI=1S/Ag.Al.Au.Cu.Fe.In.Ni.Pd.Pt.Sn.Ti.Zn.8H. The third-order valence-electron chi connectivity index (χ3n) is 0. The third-order valence-corrected chi connectivity index (χ3v) is 0. The van der Waals surface area contributed by atoms with Crippen LogP contribution in [0.5, 0.6) is 0 Å². The van der Waals surface area contributed by atoms with Gasteiger partial charge < -0.3 is 0 Å². The van der Waals surface area contributed by atoms with Crippen LogP contribution in [0.15, 0.2) is 0 Å². The van der Waals surface area contributed by atoms with Gasteiger partial charge in [0.1, 0.15) is 0 Å². The van der Waals surface area contributed by atoms with Crippen LogP contribution in [0.2, 0.25) is 0 Å². The zero-order valence-corrected chi connectivity index (χ0v) is 23.2. The number of rotatable bonds is 0. The van der Waals surface area contributed by atoms with E-state index in [9.17, 15) is 0 Å². The van der Waals surface area contributed by atoms with E-state index in [1.54, 1.807) is 0 Å². The Labute approximate surface area is 239 Å². The molecule has 0 amide bonds. The molecule has 0 aromatic carbocycles. The molecule has 12 heavy (non-hydrogen) atoms. The maximum Gasteiger partial charge on any atom is 0 e. The van der Waals surface area contributed by atoms with Gasteiger partial charge in [0.2, 0.25) is 0 Å². The second kappa shape index (κ2) is 97.0. The Kier molecular flexibility index (Phi) is 921.